The molecule has 2 rings (SSSR count). The Morgan fingerprint density at radius 1 is 1.14 bits per heavy atom. The third-order valence-corrected chi connectivity index (χ3v) is 3.32. The average Bonchev–Trinajstić information content (AvgIpc) is 2.50. The van der Waals surface area contributed by atoms with E-state index >= 15 is 0 Å². The fourth-order valence-electron chi connectivity index (χ4n) is 2.17. The highest BCUT2D eigenvalue weighted by Gasteiger charge is 2.16. The van der Waals surface area contributed by atoms with Crippen molar-refractivity contribution in [2.24, 2.45) is 5.73 Å². The molecule has 4 N–H and O–H groups in total. The molecule has 116 valence electrons. The van der Waals surface area contributed by atoms with Gasteiger partial charge in [-0.2, -0.15) is 0 Å². The molecule has 1 unspecified atom stereocenters. The Morgan fingerprint density at radius 3 is 2.55 bits per heavy atom. The Balaban J connectivity index is 1.88. The van der Waals surface area contributed by atoms with Gasteiger partial charge < -0.3 is 10.5 Å². The third kappa shape index (κ3) is 4.20. The van der Waals surface area contributed by atoms with Gasteiger partial charge in [0.15, 0.2) is 11.4 Å². The van der Waals surface area contributed by atoms with Crippen molar-refractivity contribution >= 4 is 11.4 Å². The molecule has 0 fully saturated rings. The van der Waals surface area contributed by atoms with E-state index in [4.69, 9.17) is 16.2 Å². The molecule has 0 bridgehead atoms. The van der Waals surface area contributed by atoms with Crippen molar-refractivity contribution in [3.63, 3.8) is 0 Å². The molecule has 0 aliphatic carbocycles. The summed E-state index contributed by atoms with van der Waals surface area (Å²) in [5, 5.41) is 10.8. The summed E-state index contributed by atoms with van der Waals surface area (Å²) in [5.74, 6) is 0.251. The van der Waals surface area contributed by atoms with Crippen LogP contribution in [0.2, 0.25) is 0 Å². The molecule has 2 aromatic carbocycles. The minimum atomic E-state index is -0.548. The molecule has 22 heavy (non-hydrogen) atoms. The summed E-state index contributed by atoms with van der Waals surface area (Å²) in [4.78, 5) is 10.3. The molecule has 0 saturated carbocycles. The summed E-state index contributed by atoms with van der Waals surface area (Å²) in [6.45, 7) is 0. The second kappa shape index (κ2) is 7.42. The quantitative estimate of drug-likeness (QED) is 0.354. The van der Waals surface area contributed by atoms with Gasteiger partial charge in [0, 0.05) is 6.07 Å². The fourth-order valence-corrected chi connectivity index (χ4v) is 2.17. The lowest BCUT2D eigenvalue weighted by Gasteiger charge is -2.15. The van der Waals surface area contributed by atoms with Gasteiger partial charge in [-0.15, -0.1) is 0 Å². The number of nitrogens with two attached hydrogens (primary N) is 2. The van der Waals surface area contributed by atoms with Crippen molar-refractivity contribution in [2.45, 2.75) is 25.5 Å². The highest BCUT2D eigenvalue weighted by molar-refractivity contribution is 5.66. The van der Waals surface area contributed by atoms with E-state index < -0.39 is 11.2 Å². The Morgan fingerprint density at radius 2 is 1.86 bits per heavy atom. The lowest BCUT2D eigenvalue weighted by molar-refractivity contribution is -0.384. The zero-order chi connectivity index (χ0) is 15.9. The van der Waals surface area contributed by atoms with Crippen LogP contribution in [0.5, 0.6) is 5.75 Å². The third-order valence-electron chi connectivity index (χ3n) is 3.32. The maximum atomic E-state index is 10.8. The van der Waals surface area contributed by atoms with E-state index in [1.807, 2.05) is 18.2 Å². The van der Waals surface area contributed by atoms with Crippen LogP contribution in [0.4, 0.5) is 11.4 Å². The van der Waals surface area contributed by atoms with Gasteiger partial charge in [-0.05, 0) is 30.9 Å². The monoisotopic (exact) mass is 301 g/mol. The molecule has 0 aliphatic rings. The van der Waals surface area contributed by atoms with Gasteiger partial charge in [-0.25, -0.2) is 0 Å². The van der Waals surface area contributed by atoms with Crippen LogP contribution in [0.25, 0.3) is 0 Å². The predicted molar refractivity (Wildman–Crippen MR) is 85.5 cm³/mol. The van der Waals surface area contributed by atoms with E-state index in [1.165, 1.54) is 17.7 Å². The Kier molecular flexibility index (Phi) is 5.32. The SMILES string of the molecule is Nc1c(OC(N)CCCc2ccccc2)cccc1[N+](=O)[O-]. The molecule has 2 aromatic rings. The van der Waals surface area contributed by atoms with Crippen molar-refractivity contribution in [3.8, 4) is 5.75 Å². The van der Waals surface area contributed by atoms with E-state index in [0.717, 1.165) is 12.8 Å². The van der Waals surface area contributed by atoms with E-state index in [1.54, 1.807) is 6.07 Å². The smallest absolute Gasteiger partial charge is 0.295 e. The standard InChI is InChI=1S/C16H19N3O3/c17-15(11-4-8-12-6-2-1-3-7-12)22-14-10-5-9-13(16(14)18)19(20)21/h1-3,5-7,9-10,15H,4,8,11,17-18H2. The highest BCUT2D eigenvalue weighted by atomic mass is 16.6. The van der Waals surface area contributed by atoms with E-state index in [9.17, 15) is 10.1 Å². The zero-order valence-corrected chi connectivity index (χ0v) is 12.1. The molecule has 0 spiro atoms. The summed E-state index contributed by atoms with van der Waals surface area (Å²) in [6.07, 6.45) is 1.85. The average molecular weight is 301 g/mol. The van der Waals surface area contributed by atoms with Crippen molar-refractivity contribution in [2.75, 3.05) is 5.73 Å². The van der Waals surface area contributed by atoms with Crippen LogP contribution in [0.3, 0.4) is 0 Å². The molecular formula is C16H19N3O3. The van der Waals surface area contributed by atoms with Crippen LogP contribution < -0.4 is 16.2 Å². The first-order chi connectivity index (χ1) is 10.6. The first-order valence-electron chi connectivity index (χ1n) is 7.07. The van der Waals surface area contributed by atoms with Crippen molar-refractivity contribution < 1.29 is 9.66 Å². The van der Waals surface area contributed by atoms with Crippen molar-refractivity contribution in [1.82, 2.24) is 0 Å². The van der Waals surface area contributed by atoms with Crippen molar-refractivity contribution in [1.29, 1.82) is 0 Å². The molecule has 0 radical (unpaired) electrons. The highest BCUT2D eigenvalue weighted by Crippen LogP contribution is 2.31. The van der Waals surface area contributed by atoms with Gasteiger partial charge in [0.1, 0.15) is 6.23 Å². The minimum Gasteiger partial charge on any atom is -0.473 e. The Bertz CT molecular complexity index is 632. The number of benzene rings is 2. The zero-order valence-electron chi connectivity index (χ0n) is 12.1. The number of ether oxygens (including phenoxy) is 1. The summed E-state index contributed by atoms with van der Waals surface area (Å²) in [6, 6.07) is 14.5. The predicted octanol–water partition coefficient (Wildman–Crippen LogP) is 2.86. The van der Waals surface area contributed by atoms with Gasteiger partial charge in [0.2, 0.25) is 0 Å². The first-order valence-corrected chi connectivity index (χ1v) is 7.07. The number of hydrogen-bond acceptors (Lipinski definition) is 5. The molecule has 0 amide bonds. The van der Waals surface area contributed by atoms with Crippen molar-refractivity contribution in [3.05, 3.63) is 64.2 Å². The van der Waals surface area contributed by atoms with E-state index in [0.29, 0.717) is 6.42 Å². The molecule has 6 nitrogen and oxygen atoms in total. The maximum Gasteiger partial charge on any atom is 0.295 e. The van der Waals surface area contributed by atoms with E-state index in [-0.39, 0.29) is 17.1 Å². The summed E-state index contributed by atoms with van der Waals surface area (Å²) >= 11 is 0. The number of aryl methyl sites for hydroxylation is 1. The second-order valence-corrected chi connectivity index (χ2v) is 4.98. The van der Waals surface area contributed by atoms with Gasteiger partial charge in [-0.3, -0.25) is 15.8 Å². The summed E-state index contributed by atoms with van der Waals surface area (Å²) in [7, 11) is 0. The number of hydrogen-bond donors (Lipinski definition) is 2. The molecular weight excluding hydrogens is 282 g/mol. The molecule has 0 aromatic heterocycles. The van der Waals surface area contributed by atoms with Gasteiger partial charge in [0.25, 0.3) is 5.69 Å². The molecule has 1 atom stereocenters. The van der Waals surface area contributed by atoms with Crippen LogP contribution in [0.15, 0.2) is 48.5 Å². The van der Waals surface area contributed by atoms with Gasteiger partial charge in [0.05, 0.1) is 4.92 Å². The largest absolute Gasteiger partial charge is 0.473 e. The molecule has 0 saturated heterocycles. The molecule has 6 heteroatoms. The number of nitro groups is 1. The number of para-hydroxylation sites is 1. The first kappa shape index (κ1) is 15.8. The lowest BCUT2D eigenvalue weighted by atomic mass is 10.1. The number of nitrogen functional groups attached to an aromatic ring is 1. The topological polar surface area (TPSA) is 104 Å². The molecule has 0 aliphatic heterocycles. The number of nitro benzene ring substituents is 1. The summed E-state index contributed by atoms with van der Waals surface area (Å²) in [5.41, 5.74) is 12.7. The second-order valence-electron chi connectivity index (χ2n) is 4.98. The summed E-state index contributed by atoms with van der Waals surface area (Å²) < 4.78 is 5.52. The fraction of sp³-hybridized carbons (Fsp3) is 0.250. The van der Waals surface area contributed by atoms with Gasteiger partial charge >= 0.3 is 0 Å². The van der Waals surface area contributed by atoms with Crippen LogP contribution in [0.1, 0.15) is 18.4 Å². The maximum absolute atomic E-state index is 10.8. The molecule has 0 heterocycles. The van der Waals surface area contributed by atoms with Crippen LogP contribution in [-0.4, -0.2) is 11.2 Å². The Hall–Kier alpha value is -2.60. The minimum absolute atomic E-state index is 0.00556. The van der Waals surface area contributed by atoms with Crippen LogP contribution in [-0.2, 0) is 6.42 Å². The number of anilines is 1. The van der Waals surface area contributed by atoms with Crippen LogP contribution >= 0.6 is 0 Å². The number of nitrogens with zero attached hydrogens (tertiary/aromatic N) is 1. The normalized spacial score (nSPS) is 11.9. The number of rotatable bonds is 7. The van der Waals surface area contributed by atoms with Crippen LogP contribution in [0, 0.1) is 10.1 Å². The Labute approximate surface area is 128 Å². The van der Waals surface area contributed by atoms with E-state index in [2.05, 4.69) is 12.1 Å². The lowest BCUT2D eigenvalue weighted by Crippen LogP contribution is -2.27. The van der Waals surface area contributed by atoms with Gasteiger partial charge in [-0.1, -0.05) is 36.4 Å².